The number of carboxylic acid groups (broad SMARTS) is 1. The zero-order valence-corrected chi connectivity index (χ0v) is 14.7. The molecule has 1 atom stereocenters. The maximum atomic E-state index is 12.1. The van der Waals surface area contributed by atoms with Crippen molar-refractivity contribution in [3.8, 4) is 0 Å². The van der Waals surface area contributed by atoms with Crippen LogP contribution in [0.3, 0.4) is 0 Å². The number of hydrogen-bond donors (Lipinski definition) is 3. The molecule has 6 nitrogen and oxygen atoms in total. The van der Waals surface area contributed by atoms with Crippen molar-refractivity contribution in [2.45, 2.75) is 44.8 Å². The number of nitrogens with zero attached hydrogens (tertiary/aromatic N) is 1. The summed E-state index contributed by atoms with van der Waals surface area (Å²) in [7, 11) is 0. The number of benzene rings is 1. The molecule has 2 rings (SSSR count). The molecule has 0 radical (unpaired) electrons. The summed E-state index contributed by atoms with van der Waals surface area (Å²) in [4.78, 5) is 24.8. The number of aliphatic carboxylic acids is 1. The van der Waals surface area contributed by atoms with E-state index in [0.717, 1.165) is 18.4 Å². The van der Waals surface area contributed by atoms with E-state index in [1.54, 1.807) is 6.07 Å². The van der Waals surface area contributed by atoms with Gasteiger partial charge < -0.3 is 15.7 Å². The first kappa shape index (κ1) is 18.5. The summed E-state index contributed by atoms with van der Waals surface area (Å²) in [5.41, 5.74) is 0.947. The van der Waals surface area contributed by atoms with Gasteiger partial charge in [0, 0.05) is 17.1 Å². The van der Waals surface area contributed by atoms with Crippen molar-refractivity contribution in [2.75, 3.05) is 13.1 Å². The van der Waals surface area contributed by atoms with Crippen LogP contribution in [0.4, 0.5) is 4.79 Å². The third-order valence-corrected chi connectivity index (χ3v) is 4.64. The smallest absolute Gasteiger partial charge is 0.317 e. The van der Waals surface area contributed by atoms with E-state index in [9.17, 15) is 9.59 Å². The van der Waals surface area contributed by atoms with Gasteiger partial charge in [-0.15, -0.1) is 0 Å². The molecule has 0 aliphatic heterocycles. The molecule has 0 spiro atoms. The highest BCUT2D eigenvalue weighted by Crippen LogP contribution is 2.25. The Labute approximate surface area is 147 Å². The Morgan fingerprint density at radius 2 is 2.12 bits per heavy atom. The molecule has 0 heterocycles. The molecule has 3 N–H and O–H groups in total. The van der Waals surface area contributed by atoms with Gasteiger partial charge in [-0.2, -0.15) is 0 Å². The maximum Gasteiger partial charge on any atom is 0.317 e. The molecule has 1 aromatic rings. The molecule has 1 unspecified atom stereocenters. The van der Waals surface area contributed by atoms with E-state index in [4.69, 9.17) is 16.7 Å². The fourth-order valence-corrected chi connectivity index (χ4v) is 3.16. The normalized spacial score (nSPS) is 21.0. The molecule has 0 bridgehead atoms. The van der Waals surface area contributed by atoms with Crippen LogP contribution in [0.5, 0.6) is 0 Å². The Morgan fingerprint density at radius 3 is 2.71 bits per heavy atom. The Hall–Kier alpha value is -1.79. The van der Waals surface area contributed by atoms with Crippen LogP contribution in [0.1, 0.15) is 38.3 Å². The number of carbonyl (C=O) groups is 2. The number of carboxylic acids is 1. The first-order chi connectivity index (χ1) is 11.4. The highest BCUT2D eigenvalue weighted by atomic mass is 35.5. The van der Waals surface area contributed by atoms with Gasteiger partial charge in [-0.05, 0) is 44.0 Å². The molecule has 1 saturated carbocycles. The van der Waals surface area contributed by atoms with Crippen LogP contribution in [0, 0.1) is 0 Å². The average Bonchev–Trinajstić information content (AvgIpc) is 2.48. The number of amides is 2. The minimum absolute atomic E-state index is 0.0475. The monoisotopic (exact) mass is 353 g/mol. The lowest BCUT2D eigenvalue weighted by Gasteiger charge is -2.42. The second-order valence-corrected chi connectivity index (χ2v) is 6.61. The number of halogens is 1. The highest BCUT2D eigenvalue weighted by molar-refractivity contribution is 6.30. The van der Waals surface area contributed by atoms with E-state index in [-0.39, 0.29) is 30.7 Å². The van der Waals surface area contributed by atoms with Gasteiger partial charge in [0.15, 0.2) is 0 Å². The summed E-state index contributed by atoms with van der Waals surface area (Å²) in [6, 6.07) is 7.35. The standard InChI is InChI=1S/C17H24ClN3O3/c1-3-21(10-16(22)23)15-8-14(9-15)20-17(24)19-11(2)12-5-4-6-13(18)7-12/h4-7,11,14-15H,3,8-10H2,1-2H3,(H,22,23)(H2,19,20,24). The fraction of sp³-hybridized carbons (Fsp3) is 0.529. The summed E-state index contributed by atoms with van der Waals surface area (Å²) in [6.07, 6.45) is 1.56. The molecular weight excluding hydrogens is 330 g/mol. The molecule has 1 aliphatic rings. The molecular formula is C17H24ClN3O3. The van der Waals surface area contributed by atoms with Gasteiger partial charge in [-0.1, -0.05) is 30.7 Å². The predicted octanol–water partition coefficient (Wildman–Crippen LogP) is 2.64. The lowest BCUT2D eigenvalue weighted by molar-refractivity contribution is -0.139. The second-order valence-electron chi connectivity index (χ2n) is 6.17. The summed E-state index contributed by atoms with van der Waals surface area (Å²) >= 11 is 5.96. The molecule has 0 saturated heterocycles. The van der Waals surface area contributed by atoms with E-state index < -0.39 is 5.97 Å². The number of hydrogen-bond acceptors (Lipinski definition) is 3. The van der Waals surface area contributed by atoms with Crippen LogP contribution in [0.2, 0.25) is 5.02 Å². The van der Waals surface area contributed by atoms with Crippen LogP contribution in [-0.2, 0) is 4.79 Å². The van der Waals surface area contributed by atoms with Crippen molar-refractivity contribution in [2.24, 2.45) is 0 Å². The molecule has 24 heavy (non-hydrogen) atoms. The highest BCUT2D eigenvalue weighted by Gasteiger charge is 2.34. The van der Waals surface area contributed by atoms with Crippen LogP contribution >= 0.6 is 11.6 Å². The van der Waals surface area contributed by atoms with Gasteiger partial charge in [0.1, 0.15) is 0 Å². The number of urea groups is 1. The Bertz CT molecular complexity index is 590. The van der Waals surface area contributed by atoms with Crippen molar-refractivity contribution in [3.63, 3.8) is 0 Å². The van der Waals surface area contributed by atoms with Crippen molar-refractivity contribution < 1.29 is 14.7 Å². The Kier molecular flexibility index (Phi) is 6.45. The van der Waals surface area contributed by atoms with Gasteiger partial charge in [-0.3, -0.25) is 9.69 Å². The average molecular weight is 354 g/mol. The second kappa shape index (κ2) is 8.35. The van der Waals surface area contributed by atoms with E-state index in [1.807, 2.05) is 36.9 Å². The molecule has 1 aromatic carbocycles. The molecule has 7 heteroatoms. The van der Waals surface area contributed by atoms with Crippen molar-refractivity contribution in [1.29, 1.82) is 0 Å². The minimum atomic E-state index is -0.818. The van der Waals surface area contributed by atoms with E-state index in [2.05, 4.69) is 10.6 Å². The largest absolute Gasteiger partial charge is 0.480 e. The Balaban J connectivity index is 1.75. The predicted molar refractivity (Wildman–Crippen MR) is 93.2 cm³/mol. The van der Waals surface area contributed by atoms with Crippen molar-refractivity contribution in [3.05, 3.63) is 34.9 Å². The quantitative estimate of drug-likeness (QED) is 0.703. The van der Waals surface area contributed by atoms with Gasteiger partial charge in [-0.25, -0.2) is 4.79 Å². The fourth-order valence-electron chi connectivity index (χ4n) is 2.96. The third kappa shape index (κ3) is 5.11. The third-order valence-electron chi connectivity index (χ3n) is 4.41. The topological polar surface area (TPSA) is 81.7 Å². The van der Waals surface area contributed by atoms with Crippen molar-refractivity contribution in [1.82, 2.24) is 15.5 Å². The van der Waals surface area contributed by atoms with Gasteiger partial charge >= 0.3 is 12.0 Å². The number of rotatable bonds is 7. The molecule has 2 amide bonds. The maximum absolute atomic E-state index is 12.1. The molecule has 1 aliphatic carbocycles. The van der Waals surface area contributed by atoms with Crippen LogP contribution in [0.15, 0.2) is 24.3 Å². The van der Waals surface area contributed by atoms with Gasteiger partial charge in [0.25, 0.3) is 0 Å². The first-order valence-electron chi connectivity index (χ1n) is 8.17. The summed E-state index contributed by atoms with van der Waals surface area (Å²) < 4.78 is 0. The van der Waals surface area contributed by atoms with E-state index in [0.29, 0.717) is 11.6 Å². The number of likely N-dealkylation sites (N-methyl/N-ethyl adjacent to an activating group) is 1. The summed E-state index contributed by atoms with van der Waals surface area (Å²) in [5, 5.41) is 15.4. The zero-order chi connectivity index (χ0) is 17.7. The van der Waals surface area contributed by atoms with Gasteiger partial charge in [0.05, 0.1) is 12.6 Å². The molecule has 0 aromatic heterocycles. The van der Waals surface area contributed by atoms with Gasteiger partial charge in [0.2, 0.25) is 0 Å². The summed E-state index contributed by atoms with van der Waals surface area (Å²) in [6.45, 7) is 4.59. The zero-order valence-electron chi connectivity index (χ0n) is 14.0. The minimum Gasteiger partial charge on any atom is -0.480 e. The lowest BCUT2D eigenvalue weighted by Crippen LogP contribution is -2.56. The molecule has 1 fully saturated rings. The molecule has 132 valence electrons. The number of carbonyl (C=O) groups excluding carboxylic acids is 1. The van der Waals surface area contributed by atoms with Crippen LogP contribution in [-0.4, -0.2) is 47.2 Å². The Morgan fingerprint density at radius 1 is 1.42 bits per heavy atom. The van der Waals surface area contributed by atoms with Crippen molar-refractivity contribution >= 4 is 23.6 Å². The van der Waals surface area contributed by atoms with E-state index >= 15 is 0 Å². The first-order valence-corrected chi connectivity index (χ1v) is 8.55. The number of nitrogens with one attached hydrogen (secondary N) is 2. The van der Waals surface area contributed by atoms with E-state index in [1.165, 1.54) is 0 Å². The lowest BCUT2D eigenvalue weighted by atomic mass is 9.85. The van der Waals surface area contributed by atoms with Crippen LogP contribution in [0.25, 0.3) is 0 Å². The van der Waals surface area contributed by atoms with Crippen LogP contribution < -0.4 is 10.6 Å². The summed E-state index contributed by atoms with van der Waals surface area (Å²) in [5.74, 6) is -0.818. The SMILES string of the molecule is CCN(CC(=O)O)C1CC(NC(=O)NC(C)c2cccc(Cl)c2)C1.